The highest BCUT2D eigenvalue weighted by Crippen LogP contribution is 2.30. The van der Waals surface area contributed by atoms with Gasteiger partial charge in [-0.3, -0.25) is 9.59 Å². The molecule has 0 radical (unpaired) electrons. The van der Waals surface area contributed by atoms with Crippen LogP contribution in [0.3, 0.4) is 0 Å². The third kappa shape index (κ3) is 3.72. The molecule has 2 aliphatic rings. The molecule has 4 rings (SSSR count). The first-order valence-electron chi connectivity index (χ1n) is 9.53. The highest BCUT2D eigenvalue weighted by Gasteiger charge is 2.37. The maximum absolute atomic E-state index is 13.1. The zero-order valence-electron chi connectivity index (χ0n) is 15.2. The van der Waals surface area contributed by atoms with Crippen LogP contribution < -0.4 is 4.90 Å². The summed E-state index contributed by atoms with van der Waals surface area (Å²) in [6.45, 7) is 1.75. The van der Waals surface area contributed by atoms with Crippen LogP contribution in [0.1, 0.15) is 24.0 Å². The molecule has 1 fully saturated rings. The van der Waals surface area contributed by atoms with E-state index in [1.165, 1.54) is 17.7 Å². The van der Waals surface area contributed by atoms with Gasteiger partial charge in [-0.2, -0.15) is 0 Å². The van der Waals surface area contributed by atoms with Gasteiger partial charge >= 0.3 is 0 Å². The van der Waals surface area contributed by atoms with Crippen molar-refractivity contribution < 1.29 is 14.0 Å². The Hall–Kier alpha value is -2.69. The van der Waals surface area contributed by atoms with Crippen molar-refractivity contribution in [2.24, 2.45) is 5.92 Å². The highest BCUT2D eigenvalue weighted by atomic mass is 19.1. The SMILES string of the molecule is O=C1CC(C(=O)N2CCCc3ccccc32)CN1CCc1ccc(F)cc1. The second-order valence-electron chi connectivity index (χ2n) is 7.34. The number of aryl methyl sites for hydroxylation is 1. The number of fused-ring (bicyclic) bond motifs is 1. The van der Waals surface area contributed by atoms with Gasteiger partial charge in [0.1, 0.15) is 5.82 Å². The van der Waals surface area contributed by atoms with E-state index in [0.29, 0.717) is 19.5 Å². The van der Waals surface area contributed by atoms with Gasteiger partial charge in [-0.05, 0) is 48.6 Å². The first kappa shape index (κ1) is 17.7. The van der Waals surface area contributed by atoms with Gasteiger partial charge in [-0.15, -0.1) is 0 Å². The number of anilines is 1. The van der Waals surface area contributed by atoms with Gasteiger partial charge in [0.05, 0.1) is 5.92 Å². The van der Waals surface area contributed by atoms with Crippen LogP contribution in [0.25, 0.3) is 0 Å². The summed E-state index contributed by atoms with van der Waals surface area (Å²) in [4.78, 5) is 29.1. The van der Waals surface area contributed by atoms with Gasteiger partial charge in [-0.1, -0.05) is 30.3 Å². The lowest BCUT2D eigenvalue weighted by molar-refractivity contribution is -0.128. The maximum atomic E-state index is 13.1. The number of carbonyl (C=O) groups is 2. The van der Waals surface area contributed by atoms with Crippen molar-refractivity contribution in [1.82, 2.24) is 4.90 Å². The van der Waals surface area contributed by atoms with Gasteiger partial charge in [0.2, 0.25) is 11.8 Å². The molecule has 27 heavy (non-hydrogen) atoms. The normalized spacial score (nSPS) is 19.3. The quantitative estimate of drug-likeness (QED) is 0.834. The van der Waals surface area contributed by atoms with Gasteiger partial charge in [0.25, 0.3) is 0 Å². The number of benzene rings is 2. The monoisotopic (exact) mass is 366 g/mol. The van der Waals surface area contributed by atoms with Crippen LogP contribution in [-0.2, 0) is 22.4 Å². The smallest absolute Gasteiger partial charge is 0.232 e. The molecule has 140 valence electrons. The lowest BCUT2D eigenvalue weighted by Gasteiger charge is -2.31. The Balaban J connectivity index is 1.40. The van der Waals surface area contributed by atoms with Crippen LogP contribution in [0.5, 0.6) is 0 Å². The second-order valence-corrected chi connectivity index (χ2v) is 7.34. The summed E-state index contributed by atoms with van der Waals surface area (Å²) in [6, 6.07) is 14.4. The zero-order chi connectivity index (χ0) is 18.8. The summed E-state index contributed by atoms with van der Waals surface area (Å²) in [5, 5.41) is 0. The van der Waals surface area contributed by atoms with Crippen molar-refractivity contribution >= 4 is 17.5 Å². The molecule has 2 amide bonds. The molecule has 4 nitrogen and oxygen atoms in total. The molecule has 0 bridgehead atoms. The first-order chi connectivity index (χ1) is 13.1. The van der Waals surface area contributed by atoms with E-state index in [-0.39, 0.29) is 30.0 Å². The molecule has 1 unspecified atom stereocenters. The van der Waals surface area contributed by atoms with Crippen LogP contribution in [0.2, 0.25) is 0 Å². The van der Waals surface area contributed by atoms with Crippen molar-refractivity contribution in [3.63, 3.8) is 0 Å². The Kier molecular flexibility index (Phi) is 4.92. The molecule has 0 spiro atoms. The van der Waals surface area contributed by atoms with E-state index in [2.05, 4.69) is 6.07 Å². The molecule has 1 atom stereocenters. The topological polar surface area (TPSA) is 40.6 Å². The van der Waals surface area contributed by atoms with Crippen molar-refractivity contribution in [3.05, 3.63) is 65.5 Å². The number of hydrogen-bond acceptors (Lipinski definition) is 2. The number of nitrogens with zero attached hydrogens (tertiary/aromatic N) is 2. The predicted octanol–water partition coefficient (Wildman–Crippen LogP) is 3.20. The lowest BCUT2D eigenvalue weighted by Crippen LogP contribution is -2.40. The number of halogens is 1. The van der Waals surface area contributed by atoms with E-state index in [4.69, 9.17) is 0 Å². The molecule has 2 aliphatic heterocycles. The van der Waals surface area contributed by atoms with Crippen LogP contribution in [0.4, 0.5) is 10.1 Å². The molecule has 0 aromatic heterocycles. The molecule has 0 aliphatic carbocycles. The van der Waals surface area contributed by atoms with Crippen LogP contribution in [0.15, 0.2) is 48.5 Å². The standard InChI is InChI=1S/C22H23FN2O2/c23-19-9-7-16(8-10-19)11-13-24-15-18(14-21(24)26)22(27)25-12-3-5-17-4-1-2-6-20(17)25/h1-2,4,6-10,18H,3,5,11-15H2. The van der Waals surface area contributed by atoms with E-state index in [9.17, 15) is 14.0 Å². The second kappa shape index (κ2) is 7.51. The number of carbonyl (C=O) groups excluding carboxylic acids is 2. The summed E-state index contributed by atoms with van der Waals surface area (Å²) in [5.74, 6) is -0.458. The minimum absolute atomic E-state index is 0.0285. The van der Waals surface area contributed by atoms with Crippen molar-refractivity contribution in [1.29, 1.82) is 0 Å². The summed E-state index contributed by atoms with van der Waals surface area (Å²) >= 11 is 0. The number of hydrogen-bond donors (Lipinski definition) is 0. The largest absolute Gasteiger partial charge is 0.342 e. The summed E-state index contributed by atoms with van der Waals surface area (Å²) in [5.41, 5.74) is 3.18. The number of amides is 2. The van der Waals surface area contributed by atoms with Crippen molar-refractivity contribution in [2.75, 3.05) is 24.5 Å². The lowest BCUT2D eigenvalue weighted by atomic mass is 9.99. The zero-order valence-corrected chi connectivity index (χ0v) is 15.2. The fourth-order valence-corrected chi connectivity index (χ4v) is 4.05. The minimum atomic E-state index is -0.281. The number of rotatable bonds is 4. The summed E-state index contributed by atoms with van der Waals surface area (Å²) in [6.07, 6.45) is 2.89. The Bertz CT molecular complexity index is 850. The Labute approximate surface area is 158 Å². The number of likely N-dealkylation sites (tertiary alicyclic amines) is 1. The predicted molar refractivity (Wildman–Crippen MR) is 102 cm³/mol. The first-order valence-corrected chi connectivity index (χ1v) is 9.53. The van der Waals surface area contributed by atoms with Crippen LogP contribution in [0, 0.1) is 11.7 Å². The fraction of sp³-hybridized carbons (Fsp3) is 0.364. The average molecular weight is 366 g/mol. The molecule has 0 saturated carbocycles. The molecular weight excluding hydrogens is 343 g/mol. The van der Waals surface area contributed by atoms with Crippen molar-refractivity contribution in [2.45, 2.75) is 25.7 Å². The Morgan fingerprint density at radius 1 is 1.11 bits per heavy atom. The highest BCUT2D eigenvalue weighted by molar-refractivity contribution is 5.99. The summed E-state index contributed by atoms with van der Waals surface area (Å²) < 4.78 is 13.0. The number of para-hydroxylation sites is 1. The van der Waals surface area contributed by atoms with Gasteiger partial charge < -0.3 is 9.80 Å². The third-order valence-electron chi connectivity index (χ3n) is 5.52. The minimum Gasteiger partial charge on any atom is -0.342 e. The van der Waals surface area contributed by atoms with E-state index in [0.717, 1.165) is 30.6 Å². The van der Waals surface area contributed by atoms with Gasteiger partial charge in [0, 0.05) is 31.7 Å². The Morgan fingerprint density at radius 3 is 2.70 bits per heavy atom. The maximum Gasteiger partial charge on any atom is 0.232 e. The van der Waals surface area contributed by atoms with Crippen LogP contribution in [-0.4, -0.2) is 36.3 Å². The molecule has 5 heteroatoms. The van der Waals surface area contributed by atoms with Crippen LogP contribution >= 0.6 is 0 Å². The molecular formula is C22H23FN2O2. The van der Waals surface area contributed by atoms with Gasteiger partial charge in [-0.25, -0.2) is 4.39 Å². The van der Waals surface area contributed by atoms with E-state index in [1.807, 2.05) is 23.1 Å². The summed E-state index contributed by atoms with van der Waals surface area (Å²) in [7, 11) is 0. The average Bonchev–Trinajstić information content (AvgIpc) is 3.07. The van der Waals surface area contributed by atoms with Crippen molar-refractivity contribution in [3.8, 4) is 0 Å². The molecule has 2 heterocycles. The fourth-order valence-electron chi connectivity index (χ4n) is 4.05. The molecule has 1 saturated heterocycles. The molecule has 0 N–H and O–H groups in total. The van der Waals surface area contributed by atoms with E-state index < -0.39 is 0 Å². The molecule has 2 aromatic carbocycles. The van der Waals surface area contributed by atoms with Gasteiger partial charge in [0.15, 0.2) is 0 Å². The van der Waals surface area contributed by atoms with E-state index >= 15 is 0 Å². The third-order valence-corrected chi connectivity index (χ3v) is 5.52. The Morgan fingerprint density at radius 2 is 1.89 bits per heavy atom. The van der Waals surface area contributed by atoms with E-state index in [1.54, 1.807) is 17.0 Å². The molecule has 2 aromatic rings.